The number of halogens is 2. The molecule has 20 heavy (non-hydrogen) atoms. The summed E-state index contributed by atoms with van der Waals surface area (Å²) in [5.74, 6) is -3.63. The Balaban J connectivity index is 2.12. The van der Waals surface area contributed by atoms with Gasteiger partial charge in [0.2, 0.25) is 0 Å². The lowest BCUT2D eigenvalue weighted by molar-refractivity contribution is 0.103. The van der Waals surface area contributed by atoms with E-state index in [1.165, 1.54) is 30.3 Å². The zero-order chi connectivity index (χ0) is 14.3. The van der Waals surface area contributed by atoms with Gasteiger partial charge >= 0.3 is 5.76 Å². The first-order valence-electron chi connectivity index (χ1n) is 5.68. The van der Waals surface area contributed by atoms with E-state index >= 15 is 0 Å². The first-order chi connectivity index (χ1) is 9.56. The van der Waals surface area contributed by atoms with Gasteiger partial charge < -0.3 is 4.42 Å². The van der Waals surface area contributed by atoms with Crippen molar-refractivity contribution in [1.82, 2.24) is 4.98 Å². The Hall–Kier alpha value is -2.76. The van der Waals surface area contributed by atoms with E-state index in [9.17, 15) is 18.4 Å². The third-order valence-corrected chi connectivity index (χ3v) is 2.88. The van der Waals surface area contributed by atoms with Crippen LogP contribution in [0.1, 0.15) is 15.9 Å². The average molecular weight is 275 g/mol. The molecule has 2 aromatic carbocycles. The van der Waals surface area contributed by atoms with Crippen molar-refractivity contribution in [3.05, 3.63) is 69.7 Å². The van der Waals surface area contributed by atoms with Gasteiger partial charge in [-0.25, -0.2) is 13.6 Å². The minimum atomic E-state index is -1.20. The Bertz CT molecular complexity index is 880. The SMILES string of the molecule is O=C(c1ccc2[nH]c(=O)oc2c1)c1cccc(F)c1F. The summed E-state index contributed by atoms with van der Waals surface area (Å²) >= 11 is 0. The van der Waals surface area contributed by atoms with Crippen molar-refractivity contribution in [3.8, 4) is 0 Å². The number of rotatable bonds is 2. The van der Waals surface area contributed by atoms with Gasteiger partial charge in [-0.1, -0.05) is 6.07 Å². The minimum Gasteiger partial charge on any atom is -0.408 e. The molecule has 3 rings (SSSR count). The van der Waals surface area contributed by atoms with Crippen LogP contribution >= 0.6 is 0 Å². The lowest BCUT2D eigenvalue weighted by atomic mass is 10.0. The second-order valence-corrected chi connectivity index (χ2v) is 4.16. The Morgan fingerprint density at radius 1 is 1.15 bits per heavy atom. The van der Waals surface area contributed by atoms with Gasteiger partial charge in [0, 0.05) is 5.56 Å². The lowest BCUT2D eigenvalue weighted by Gasteiger charge is -2.03. The maximum atomic E-state index is 13.6. The van der Waals surface area contributed by atoms with Crippen molar-refractivity contribution < 1.29 is 18.0 Å². The first kappa shape index (κ1) is 12.3. The second kappa shape index (κ2) is 4.41. The summed E-state index contributed by atoms with van der Waals surface area (Å²) in [6.45, 7) is 0. The topological polar surface area (TPSA) is 63.1 Å². The minimum absolute atomic E-state index is 0.102. The number of H-pyrrole nitrogens is 1. The van der Waals surface area contributed by atoms with Crippen molar-refractivity contribution in [2.45, 2.75) is 0 Å². The summed E-state index contributed by atoms with van der Waals surface area (Å²) in [5, 5.41) is 0. The van der Waals surface area contributed by atoms with E-state index in [-0.39, 0.29) is 16.7 Å². The van der Waals surface area contributed by atoms with Crippen LogP contribution in [0, 0.1) is 11.6 Å². The Morgan fingerprint density at radius 3 is 2.75 bits per heavy atom. The van der Waals surface area contributed by atoms with Crippen molar-refractivity contribution in [1.29, 1.82) is 0 Å². The van der Waals surface area contributed by atoms with E-state index in [2.05, 4.69) is 4.98 Å². The quantitative estimate of drug-likeness (QED) is 0.731. The summed E-state index contributed by atoms with van der Waals surface area (Å²) in [5.41, 5.74) is 0.330. The Kier molecular flexibility index (Phi) is 2.71. The van der Waals surface area contributed by atoms with Gasteiger partial charge in [-0.2, -0.15) is 0 Å². The van der Waals surface area contributed by atoms with Crippen LogP contribution in [-0.2, 0) is 0 Å². The van der Waals surface area contributed by atoms with E-state index < -0.39 is 23.2 Å². The van der Waals surface area contributed by atoms with Crippen LogP contribution in [0.5, 0.6) is 0 Å². The highest BCUT2D eigenvalue weighted by molar-refractivity contribution is 6.10. The molecule has 0 aliphatic heterocycles. The Morgan fingerprint density at radius 2 is 1.95 bits per heavy atom. The molecule has 0 aliphatic rings. The largest absolute Gasteiger partial charge is 0.417 e. The molecular weight excluding hydrogens is 268 g/mol. The summed E-state index contributed by atoms with van der Waals surface area (Å²) in [6.07, 6.45) is 0. The number of carbonyl (C=O) groups is 1. The summed E-state index contributed by atoms with van der Waals surface area (Å²) in [7, 11) is 0. The molecule has 1 heterocycles. The number of carbonyl (C=O) groups excluding carboxylic acids is 1. The molecule has 0 unspecified atom stereocenters. The number of fused-ring (bicyclic) bond motifs is 1. The van der Waals surface area contributed by atoms with Gasteiger partial charge in [-0.3, -0.25) is 9.78 Å². The molecule has 100 valence electrons. The maximum Gasteiger partial charge on any atom is 0.417 e. The van der Waals surface area contributed by atoms with Gasteiger partial charge in [-0.05, 0) is 30.3 Å². The van der Waals surface area contributed by atoms with E-state index in [1.807, 2.05) is 0 Å². The molecule has 3 aromatic rings. The van der Waals surface area contributed by atoms with Gasteiger partial charge in [0.25, 0.3) is 0 Å². The molecule has 0 bridgehead atoms. The number of oxazole rings is 1. The van der Waals surface area contributed by atoms with Crippen LogP contribution in [0.2, 0.25) is 0 Å². The highest BCUT2D eigenvalue weighted by Crippen LogP contribution is 2.19. The highest BCUT2D eigenvalue weighted by atomic mass is 19.2. The van der Waals surface area contributed by atoms with Crippen molar-refractivity contribution >= 4 is 16.9 Å². The van der Waals surface area contributed by atoms with Crippen molar-refractivity contribution in [2.75, 3.05) is 0 Å². The van der Waals surface area contributed by atoms with Crippen LogP contribution in [-0.4, -0.2) is 10.8 Å². The monoisotopic (exact) mass is 275 g/mol. The molecule has 0 fully saturated rings. The Labute approximate surface area is 110 Å². The predicted octanol–water partition coefficient (Wildman–Crippen LogP) is 2.63. The van der Waals surface area contributed by atoms with Crippen molar-refractivity contribution in [2.24, 2.45) is 0 Å². The molecule has 0 saturated heterocycles. The van der Waals surface area contributed by atoms with Crippen LogP contribution in [0.4, 0.5) is 8.78 Å². The molecule has 0 aliphatic carbocycles. The fourth-order valence-corrected chi connectivity index (χ4v) is 1.92. The highest BCUT2D eigenvalue weighted by Gasteiger charge is 2.17. The molecule has 4 nitrogen and oxygen atoms in total. The number of benzene rings is 2. The summed E-state index contributed by atoms with van der Waals surface area (Å²) in [4.78, 5) is 25.6. The fraction of sp³-hybridized carbons (Fsp3) is 0. The predicted molar refractivity (Wildman–Crippen MR) is 66.6 cm³/mol. The van der Waals surface area contributed by atoms with E-state index in [0.29, 0.717) is 5.52 Å². The van der Waals surface area contributed by atoms with Crippen LogP contribution in [0.3, 0.4) is 0 Å². The summed E-state index contributed by atoms with van der Waals surface area (Å²) < 4.78 is 31.5. The van der Waals surface area contributed by atoms with Gasteiger partial charge in [0.05, 0.1) is 11.1 Å². The molecule has 0 amide bonds. The lowest BCUT2D eigenvalue weighted by Crippen LogP contribution is -2.05. The van der Waals surface area contributed by atoms with Gasteiger partial charge in [-0.15, -0.1) is 0 Å². The average Bonchev–Trinajstić information content (AvgIpc) is 2.80. The van der Waals surface area contributed by atoms with E-state index in [0.717, 1.165) is 6.07 Å². The number of aromatic amines is 1. The summed E-state index contributed by atoms with van der Waals surface area (Å²) in [6, 6.07) is 7.55. The number of hydrogen-bond acceptors (Lipinski definition) is 3. The molecule has 0 saturated carbocycles. The van der Waals surface area contributed by atoms with Crippen LogP contribution in [0.25, 0.3) is 11.1 Å². The third kappa shape index (κ3) is 1.91. The zero-order valence-corrected chi connectivity index (χ0v) is 9.94. The smallest absolute Gasteiger partial charge is 0.408 e. The van der Waals surface area contributed by atoms with Crippen LogP contribution in [0.15, 0.2) is 45.6 Å². The number of aromatic nitrogens is 1. The fourth-order valence-electron chi connectivity index (χ4n) is 1.92. The normalized spacial score (nSPS) is 10.9. The van der Waals surface area contributed by atoms with E-state index in [4.69, 9.17) is 4.42 Å². The maximum absolute atomic E-state index is 13.6. The molecule has 6 heteroatoms. The molecule has 0 atom stereocenters. The van der Waals surface area contributed by atoms with Crippen LogP contribution < -0.4 is 5.76 Å². The molecule has 0 radical (unpaired) electrons. The van der Waals surface area contributed by atoms with E-state index in [1.54, 1.807) is 0 Å². The molecular formula is C14H7F2NO3. The molecule has 1 N–H and O–H groups in total. The molecule has 0 spiro atoms. The number of nitrogens with one attached hydrogen (secondary N) is 1. The first-order valence-corrected chi connectivity index (χ1v) is 5.68. The van der Waals surface area contributed by atoms with Gasteiger partial charge in [0.1, 0.15) is 0 Å². The second-order valence-electron chi connectivity index (χ2n) is 4.16. The van der Waals surface area contributed by atoms with Gasteiger partial charge in [0.15, 0.2) is 23.0 Å². The standard InChI is InChI=1S/C14H7F2NO3/c15-9-3-1-2-8(12(9)16)13(18)7-4-5-10-11(6-7)20-14(19)17-10/h1-6H,(H,17,19). The van der Waals surface area contributed by atoms with Crippen molar-refractivity contribution in [3.63, 3.8) is 0 Å². The number of hydrogen-bond donors (Lipinski definition) is 1. The molecule has 1 aromatic heterocycles. The third-order valence-electron chi connectivity index (χ3n) is 2.88. The number of ketones is 1. The zero-order valence-electron chi connectivity index (χ0n) is 9.94.